The van der Waals surface area contributed by atoms with Crippen LogP contribution in [0.2, 0.25) is 0 Å². The highest BCUT2D eigenvalue weighted by molar-refractivity contribution is 7.80. The molecule has 3 rings (SSSR count). The Bertz CT molecular complexity index is 991. The van der Waals surface area contributed by atoms with Crippen molar-refractivity contribution in [3.8, 4) is 5.75 Å². The Labute approximate surface area is 198 Å². The van der Waals surface area contributed by atoms with Gasteiger partial charge in [-0.2, -0.15) is 0 Å². The Kier molecular flexibility index (Phi) is 7.90. The van der Waals surface area contributed by atoms with Crippen molar-refractivity contribution in [2.45, 2.75) is 58.3 Å². The molecule has 0 saturated heterocycles. The maximum Gasteiger partial charge on any atom is 0.341 e. The van der Waals surface area contributed by atoms with Crippen LogP contribution < -0.4 is 15.4 Å². The maximum absolute atomic E-state index is 12.2. The van der Waals surface area contributed by atoms with Crippen molar-refractivity contribution in [2.24, 2.45) is 0 Å². The molecule has 2 aromatic rings. The molecule has 8 heteroatoms. The SMILES string of the molecule is COC(=O)c1c(NC(=S)NC(=O)CCCOc2ccc(C(C)(C)C)cc2)sc2c1CCC2. The molecule has 1 heterocycles. The quantitative estimate of drug-likeness (QED) is 0.334. The normalized spacial score (nSPS) is 12.8. The van der Waals surface area contributed by atoms with Crippen LogP contribution in [0.1, 0.15) is 66.4 Å². The fourth-order valence-corrected chi connectivity index (χ4v) is 5.17. The number of thiocarbonyl (C=S) groups is 1. The van der Waals surface area contributed by atoms with Gasteiger partial charge >= 0.3 is 5.97 Å². The maximum atomic E-state index is 12.2. The molecule has 1 aromatic carbocycles. The van der Waals surface area contributed by atoms with Gasteiger partial charge in [0.1, 0.15) is 10.8 Å². The molecule has 1 aliphatic carbocycles. The van der Waals surface area contributed by atoms with Crippen LogP contribution in [-0.2, 0) is 27.8 Å². The summed E-state index contributed by atoms with van der Waals surface area (Å²) in [6.07, 6.45) is 3.69. The monoisotopic (exact) mass is 474 g/mol. The van der Waals surface area contributed by atoms with Crippen molar-refractivity contribution >= 4 is 45.5 Å². The van der Waals surface area contributed by atoms with E-state index in [4.69, 9.17) is 21.7 Å². The van der Waals surface area contributed by atoms with E-state index in [-0.39, 0.29) is 28.8 Å². The highest BCUT2D eigenvalue weighted by Crippen LogP contribution is 2.39. The highest BCUT2D eigenvalue weighted by atomic mass is 32.1. The highest BCUT2D eigenvalue weighted by Gasteiger charge is 2.27. The second kappa shape index (κ2) is 10.4. The van der Waals surface area contributed by atoms with E-state index in [1.54, 1.807) is 0 Å². The van der Waals surface area contributed by atoms with Gasteiger partial charge in [-0.3, -0.25) is 4.79 Å². The molecule has 0 spiro atoms. The van der Waals surface area contributed by atoms with Crippen molar-refractivity contribution in [3.63, 3.8) is 0 Å². The summed E-state index contributed by atoms with van der Waals surface area (Å²) >= 11 is 6.78. The summed E-state index contributed by atoms with van der Waals surface area (Å²) in [6.45, 7) is 6.94. The van der Waals surface area contributed by atoms with Gasteiger partial charge in [0, 0.05) is 11.3 Å². The van der Waals surface area contributed by atoms with E-state index in [0.29, 0.717) is 23.6 Å². The lowest BCUT2D eigenvalue weighted by molar-refractivity contribution is -0.119. The summed E-state index contributed by atoms with van der Waals surface area (Å²) in [5.74, 6) is 0.211. The number of fused-ring (bicyclic) bond motifs is 1. The molecule has 172 valence electrons. The van der Waals surface area contributed by atoms with Crippen LogP contribution in [0.4, 0.5) is 5.00 Å². The summed E-state index contributed by atoms with van der Waals surface area (Å²) < 4.78 is 10.7. The van der Waals surface area contributed by atoms with E-state index >= 15 is 0 Å². The van der Waals surface area contributed by atoms with E-state index in [1.165, 1.54) is 28.9 Å². The number of carbonyl (C=O) groups is 2. The number of rotatable bonds is 7. The average Bonchev–Trinajstić information content (AvgIpc) is 3.31. The number of ether oxygens (including phenoxy) is 2. The number of methoxy groups -OCH3 is 1. The second-order valence-electron chi connectivity index (χ2n) is 8.78. The molecule has 2 N–H and O–H groups in total. The van der Waals surface area contributed by atoms with Gasteiger partial charge in [0.15, 0.2) is 5.11 Å². The summed E-state index contributed by atoms with van der Waals surface area (Å²) in [5, 5.41) is 6.50. The molecule has 0 unspecified atom stereocenters. The molecule has 0 bridgehead atoms. The minimum absolute atomic E-state index is 0.101. The van der Waals surface area contributed by atoms with Crippen LogP contribution in [0.3, 0.4) is 0 Å². The number of esters is 1. The Morgan fingerprint density at radius 2 is 1.88 bits per heavy atom. The molecule has 1 aliphatic rings. The molecule has 0 radical (unpaired) electrons. The van der Waals surface area contributed by atoms with Crippen LogP contribution in [0.15, 0.2) is 24.3 Å². The van der Waals surface area contributed by atoms with E-state index in [9.17, 15) is 9.59 Å². The first-order chi connectivity index (χ1) is 15.2. The molecule has 1 aromatic heterocycles. The standard InChI is InChI=1S/C24H30N2O4S2/c1-24(2,3)15-10-12-16(13-11-15)30-14-6-9-19(27)25-23(31)26-21-20(22(28)29-4)17-7-5-8-18(17)32-21/h10-13H,5-9,14H2,1-4H3,(H2,25,26,27,31). The molecule has 1 amide bonds. The zero-order chi connectivity index (χ0) is 23.3. The topological polar surface area (TPSA) is 76.7 Å². The van der Waals surface area contributed by atoms with Crippen LogP contribution in [-0.4, -0.2) is 30.7 Å². The van der Waals surface area contributed by atoms with Crippen LogP contribution >= 0.6 is 23.6 Å². The Hall–Kier alpha value is -2.45. The number of carbonyl (C=O) groups excluding carboxylic acids is 2. The average molecular weight is 475 g/mol. The number of hydrogen-bond acceptors (Lipinski definition) is 6. The van der Waals surface area contributed by atoms with E-state index in [2.05, 4.69) is 43.5 Å². The van der Waals surface area contributed by atoms with E-state index in [1.807, 2.05) is 12.1 Å². The second-order valence-corrected chi connectivity index (χ2v) is 10.3. The first kappa shape index (κ1) is 24.2. The van der Waals surface area contributed by atoms with Gasteiger partial charge in [0.2, 0.25) is 5.91 Å². The number of amides is 1. The fourth-order valence-electron chi connectivity index (χ4n) is 3.61. The third kappa shape index (κ3) is 6.07. The first-order valence-electron chi connectivity index (χ1n) is 10.8. The van der Waals surface area contributed by atoms with Gasteiger partial charge in [-0.15, -0.1) is 11.3 Å². The minimum Gasteiger partial charge on any atom is -0.494 e. The van der Waals surface area contributed by atoms with Crippen LogP contribution in [0.5, 0.6) is 5.75 Å². The number of aryl methyl sites for hydroxylation is 1. The number of nitrogens with one attached hydrogen (secondary N) is 2. The van der Waals surface area contributed by atoms with E-state index in [0.717, 1.165) is 30.6 Å². The zero-order valence-electron chi connectivity index (χ0n) is 19.0. The number of anilines is 1. The fraction of sp³-hybridized carbons (Fsp3) is 0.458. The molecular formula is C24H30N2O4S2. The minimum atomic E-state index is -0.381. The summed E-state index contributed by atoms with van der Waals surface area (Å²) in [6, 6.07) is 8.04. The van der Waals surface area contributed by atoms with Gasteiger partial charge in [-0.1, -0.05) is 32.9 Å². The van der Waals surface area contributed by atoms with Gasteiger partial charge in [-0.05, 0) is 66.6 Å². The summed E-state index contributed by atoms with van der Waals surface area (Å²) in [7, 11) is 1.37. The van der Waals surface area contributed by atoms with Crippen LogP contribution in [0.25, 0.3) is 0 Å². The third-order valence-electron chi connectivity index (χ3n) is 5.33. The predicted molar refractivity (Wildman–Crippen MR) is 132 cm³/mol. The lowest BCUT2D eigenvalue weighted by Gasteiger charge is -2.19. The summed E-state index contributed by atoms with van der Waals surface area (Å²) in [5.41, 5.74) is 2.92. The Morgan fingerprint density at radius 1 is 1.16 bits per heavy atom. The first-order valence-corrected chi connectivity index (χ1v) is 12.0. The number of hydrogen-bond donors (Lipinski definition) is 2. The molecular weight excluding hydrogens is 444 g/mol. The smallest absolute Gasteiger partial charge is 0.341 e. The zero-order valence-corrected chi connectivity index (χ0v) is 20.6. The lowest BCUT2D eigenvalue weighted by atomic mass is 9.87. The molecule has 0 saturated carbocycles. The number of benzene rings is 1. The Balaban J connectivity index is 1.44. The van der Waals surface area contributed by atoms with Crippen molar-refractivity contribution in [2.75, 3.05) is 19.0 Å². The third-order valence-corrected chi connectivity index (χ3v) is 6.74. The molecule has 0 aliphatic heterocycles. The molecule has 32 heavy (non-hydrogen) atoms. The van der Waals surface area contributed by atoms with E-state index < -0.39 is 0 Å². The largest absolute Gasteiger partial charge is 0.494 e. The van der Waals surface area contributed by atoms with Gasteiger partial charge in [-0.25, -0.2) is 4.79 Å². The van der Waals surface area contributed by atoms with Gasteiger partial charge < -0.3 is 20.1 Å². The van der Waals surface area contributed by atoms with Crippen LogP contribution in [0, 0.1) is 0 Å². The van der Waals surface area contributed by atoms with Crippen molar-refractivity contribution in [3.05, 3.63) is 45.8 Å². The Morgan fingerprint density at radius 3 is 2.53 bits per heavy atom. The molecule has 0 atom stereocenters. The molecule has 0 fully saturated rings. The van der Waals surface area contributed by atoms with Crippen molar-refractivity contribution in [1.82, 2.24) is 5.32 Å². The molecule has 6 nitrogen and oxygen atoms in total. The van der Waals surface area contributed by atoms with Gasteiger partial charge in [0.05, 0.1) is 19.3 Å². The number of thiophene rings is 1. The predicted octanol–water partition coefficient (Wildman–Crippen LogP) is 4.99. The van der Waals surface area contributed by atoms with Crippen molar-refractivity contribution < 1.29 is 19.1 Å². The lowest BCUT2D eigenvalue weighted by Crippen LogP contribution is -2.34. The van der Waals surface area contributed by atoms with Gasteiger partial charge in [0.25, 0.3) is 0 Å². The summed E-state index contributed by atoms with van der Waals surface area (Å²) in [4.78, 5) is 25.6. The van der Waals surface area contributed by atoms with Crippen molar-refractivity contribution in [1.29, 1.82) is 0 Å².